The molecule has 0 saturated heterocycles. The van der Waals surface area contributed by atoms with E-state index in [1.807, 2.05) is 0 Å². The Morgan fingerprint density at radius 1 is 1.14 bits per heavy atom. The Hall–Kier alpha value is -2.44. The van der Waals surface area contributed by atoms with E-state index in [1.54, 1.807) is 6.92 Å². The first-order valence-electron chi connectivity index (χ1n) is 6.15. The molecule has 112 valence electrons. The van der Waals surface area contributed by atoms with Gasteiger partial charge in [-0.2, -0.15) is 18.2 Å². The number of alkyl halides is 3. The van der Waals surface area contributed by atoms with Crippen molar-refractivity contribution in [3.8, 4) is 17.5 Å². The maximum atomic E-state index is 12.9. The summed E-state index contributed by atoms with van der Waals surface area (Å²) in [5, 5.41) is 0. The average molecular weight is 298 g/mol. The molecule has 0 aliphatic heterocycles. The Labute approximate surface area is 119 Å². The van der Waals surface area contributed by atoms with Gasteiger partial charge in [-0.25, -0.2) is 0 Å². The summed E-state index contributed by atoms with van der Waals surface area (Å²) < 4.78 is 49.0. The second-order valence-electron chi connectivity index (χ2n) is 4.07. The van der Waals surface area contributed by atoms with Gasteiger partial charge in [0.15, 0.2) is 0 Å². The van der Waals surface area contributed by atoms with Crippen molar-refractivity contribution in [2.45, 2.75) is 13.1 Å². The highest BCUT2D eigenvalue weighted by atomic mass is 19.4. The topological polar surface area (TPSA) is 57.4 Å². The summed E-state index contributed by atoms with van der Waals surface area (Å²) in [4.78, 5) is 3.94. The molecule has 0 bridgehead atoms. The number of nitrogen functional groups attached to an aromatic ring is 1. The molecular formula is C14H13F3N2O2. The second-order valence-corrected chi connectivity index (χ2v) is 4.07. The Balaban J connectivity index is 2.33. The lowest BCUT2D eigenvalue weighted by Gasteiger charge is -2.13. The van der Waals surface area contributed by atoms with E-state index in [0.29, 0.717) is 6.61 Å². The number of hydrogen-bond acceptors (Lipinski definition) is 4. The lowest BCUT2D eigenvalue weighted by atomic mass is 10.2. The van der Waals surface area contributed by atoms with Crippen molar-refractivity contribution in [2.24, 2.45) is 0 Å². The molecule has 2 N–H and O–H groups in total. The molecular weight excluding hydrogens is 285 g/mol. The van der Waals surface area contributed by atoms with E-state index in [2.05, 4.69) is 4.98 Å². The zero-order valence-electron chi connectivity index (χ0n) is 11.1. The quantitative estimate of drug-likeness (QED) is 0.930. The number of rotatable bonds is 4. The average Bonchev–Trinajstić information content (AvgIpc) is 2.42. The normalized spacial score (nSPS) is 11.2. The first-order chi connectivity index (χ1) is 9.91. The van der Waals surface area contributed by atoms with Gasteiger partial charge in [0.05, 0.1) is 17.9 Å². The summed E-state index contributed by atoms with van der Waals surface area (Å²) in [6, 6.07) is 7.74. The van der Waals surface area contributed by atoms with Gasteiger partial charge in [-0.1, -0.05) is 12.1 Å². The van der Waals surface area contributed by atoms with Crippen LogP contribution in [0.2, 0.25) is 0 Å². The van der Waals surface area contributed by atoms with Gasteiger partial charge in [0.25, 0.3) is 0 Å². The number of nitrogens with zero attached hydrogens (tertiary/aromatic N) is 1. The van der Waals surface area contributed by atoms with Crippen LogP contribution in [-0.4, -0.2) is 11.6 Å². The van der Waals surface area contributed by atoms with Crippen molar-refractivity contribution in [1.29, 1.82) is 0 Å². The highest BCUT2D eigenvalue weighted by Crippen LogP contribution is 2.38. The minimum Gasteiger partial charge on any atom is -0.476 e. The number of anilines is 1. The number of halogens is 3. The van der Waals surface area contributed by atoms with E-state index in [1.165, 1.54) is 30.3 Å². The lowest BCUT2D eigenvalue weighted by molar-refractivity contribution is -0.138. The Morgan fingerprint density at radius 2 is 1.86 bits per heavy atom. The maximum absolute atomic E-state index is 12.9. The monoisotopic (exact) mass is 298 g/mol. The number of ether oxygens (including phenoxy) is 2. The van der Waals surface area contributed by atoms with Gasteiger partial charge in [-0.3, -0.25) is 0 Å². The van der Waals surface area contributed by atoms with E-state index in [4.69, 9.17) is 15.2 Å². The second kappa shape index (κ2) is 5.90. The minimum atomic E-state index is -4.51. The third kappa shape index (κ3) is 3.56. The van der Waals surface area contributed by atoms with Crippen LogP contribution < -0.4 is 15.2 Å². The van der Waals surface area contributed by atoms with Gasteiger partial charge in [-0.15, -0.1) is 0 Å². The third-order valence-electron chi connectivity index (χ3n) is 2.55. The van der Waals surface area contributed by atoms with E-state index in [-0.39, 0.29) is 23.2 Å². The van der Waals surface area contributed by atoms with Crippen LogP contribution in [-0.2, 0) is 6.18 Å². The van der Waals surface area contributed by atoms with Gasteiger partial charge in [-0.05, 0) is 25.1 Å². The van der Waals surface area contributed by atoms with Crippen molar-refractivity contribution >= 4 is 5.69 Å². The minimum absolute atomic E-state index is 0.0237. The molecule has 0 atom stereocenters. The van der Waals surface area contributed by atoms with Crippen LogP contribution in [0.1, 0.15) is 12.5 Å². The van der Waals surface area contributed by atoms with E-state index < -0.39 is 11.7 Å². The van der Waals surface area contributed by atoms with Crippen molar-refractivity contribution in [2.75, 3.05) is 12.3 Å². The van der Waals surface area contributed by atoms with Crippen molar-refractivity contribution in [3.05, 3.63) is 42.0 Å². The first-order valence-corrected chi connectivity index (χ1v) is 6.15. The standard InChI is InChI=1S/C14H13F3N2O2/c1-2-20-13-10(18)7-8-12(19-13)21-11-6-4-3-5-9(11)14(15,16)17/h3-8H,2,18H2,1H3. The Morgan fingerprint density at radius 3 is 2.52 bits per heavy atom. The van der Waals surface area contributed by atoms with Crippen molar-refractivity contribution in [3.63, 3.8) is 0 Å². The van der Waals surface area contributed by atoms with Crippen molar-refractivity contribution in [1.82, 2.24) is 4.98 Å². The number of nitrogens with two attached hydrogens (primary N) is 1. The lowest BCUT2D eigenvalue weighted by Crippen LogP contribution is -2.07. The maximum Gasteiger partial charge on any atom is 0.419 e. The van der Waals surface area contributed by atoms with Crippen LogP contribution in [0.25, 0.3) is 0 Å². The summed E-state index contributed by atoms with van der Waals surface area (Å²) in [5.41, 5.74) is 5.06. The number of benzene rings is 1. The van der Waals surface area contributed by atoms with Gasteiger partial charge in [0.1, 0.15) is 5.75 Å². The molecule has 0 radical (unpaired) electrons. The van der Waals surface area contributed by atoms with Crippen molar-refractivity contribution < 1.29 is 22.6 Å². The predicted molar refractivity (Wildman–Crippen MR) is 71.3 cm³/mol. The SMILES string of the molecule is CCOc1nc(Oc2ccccc2C(F)(F)F)ccc1N. The summed E-state index contributed by atoms with van der Waals surface area (Å²) >= 11 is 0. The molecule has 0 fully saturated rings. The van der Waals surface area contributed by atoms with Crippen LogP contribution in [0, 0.1) is 0 Å². The molecule has 7 heteroatoms. The fourth-order valence-electron chi connectivity index (χ4n) is 1.65. The molecule has 4 nitrogen and oxygen atoms in total. The van der Waals surface area contributed by atoms with Gasteiger partial charge >= 0.3 is 6.18 Å². The number of hydrogen-bond donors (Lipinski definition) is 1. The molecule has 0 aliphatic rings. The van der Waals surface area contributed by atoms with Gasteiger partial charge in [0, 0.05) is 6.07 Å². The van der Waals surface area contributed by atoms with Gasteiger partial charge < -0.3 is 15.2 Å². The largest absolute Gasteiger partial charge is 0.476 e. The molecule has 21 heavy (non-hydrogen) atoms. The van der Waals surface area contributed by atoms with E-state index >= 15 is 0 Å². The molecule has 1 heterocycles. The summed E-state index contributed by atoms with van der Waals surface area (Å²) in [7, 11) is 0. The molecule has 0 spiro atoms. The van der Waals surface area contributed by atoms with E-state index in [9.17, 15) is 13.2 Å². The molecule has 1 aromatic carbocycles. The third-order valence-corrected chi connectivity index (χ3v) is 2.55. The summed E-state index contributed by atoms with van der Waals surface area (Å²) in [6.07, 6.45) is -4.51. The van der Waals surface area contributed by atoms with E-state index in [0.717, 1.165) is 6.07 Å². The molecule has 1 aromatic heterocycles. The van der Waals surface area contributed by atoms with Crippen LogP contribution in [0.5, 0.6) is 17.5 Å². The first kappa shape index (κ1) is 15.0. The molecule has 0 amide bonds. The zero-order valence-corrected chi connectivity index (χ0v) is 11.1. The molecule has 0 saturated carbocycles. The summed E-state index contributed by atoms with van der Waals surface area (Å²) in [5.74, 6) is -0.228. The Bertz CT molecular complexity index is 630. The number of para-hydroxylation sites is 1. The smallest absolute Gasteiger partial charge is 0.419 e. The molecule has 2 aromatic rings. The van der Waals surface area contributed by atoms with Gasteiger partial charge in [0.2, 0.25) is 11.8 Å². The number of pyridine rings is 1. The fourth-order valence-corrected chi connectivity index (χ4v) is 1.65. The molecule has 0 unspecified atom stereocenters. The fraction of sp³-hybridized carbons (Fsp3) is 0.214. The zero-order chi connectivity index (χ0) is 15.5. The highest BCUT2D eigenvalue weighted by Gasteiger charge is 2.34. The van der Waals surface area contributed by atoms with Crippen LogP contribution in [0.3, 0.4) is 0 Å². The summed E-state index contributed by atoms with van der Waals surface area (Å²) in [6.45, 7) is 2.08. The predicted octanol–water partition coefficient (Wildman–Crippen LogP) is 3.87. The van der Waals surface area contributed by atoms with Crippen LogP contribution in [0.15, 0.2) is 36.4 Å². The molecule has 0 aliphatic carbocycles. The molecule has 2 rings (SSSR count). The van der Waals surface area contributed by atoms with Crippen LogP contribution in [0.4, 0.5) is 18.9 Å². The van der Waals surface area contributed by atoms with Crippen LogP contribution >= 0.6 is 0 Å². The Kier molecular flexibility index (Phi) is 4.21. The number of aromatic nitrogens is 1. The highest BCUT2D eigenvalue weighted by molar-refractivity contribution is 5.50.